The molecule has 2 heterocycles. The van der Waals surface area contributed by atoms with Crippen molar-refractivity contribution >= 4 is 33.5 Å². The molecule has 0 bridgehead atoms. The van der Waals surface area contributed by atoms with Crippen LogP contribution in [0, 0.1) is 10.8 Å². The van der Waals surface area contributed by atoms with Crippen LogP contribution in [0.25, 0.3) is 5.57 Å². The van der Waals surface area contributed by atoms with E-state index in [1.807, 2.05) is 89.2 Å². The van der Waals surface area contributed by atoms with Crippen LogP contribution >= 0.6 is 15.9 Å². The fraction of sp³-hybridized carbons (Fsp3) is 0.400. The lowest BCUT2D eigenvalue weighted by molar-refractivity contribution is -0.140. The predicted molar refractivity (Wildman–Crippen MR) is 149 cm³/mol. The first kappa shape index (κ1) is 27.7. The van der Waals surface area contributed by atoms with Crippen LogP contribution in [0.5, 0.6) is 5.75 Å². The molecule has 38 heavy (non-hydrogen) atoms. The molecule has 0 aromatic heterocycles. The molecule has 2 aliphatic rings. The Morgan fingerprint density at radius 2 is 1.79 bits per heavy atom. The second-order valence-electron chi connectivity index (χ2n) is 10.8. The molecule has 0 N–H and O–H groups in total. The number of rotatable bonds is 5. The second kappa shape index (κ2) is 10.8. The van der Waals surface area contributed by atoms with E-state index in [-0.39, 0.29) is 12.5 Å². The number of carbonyl (C=O) groups excluding carboxylic acids is 2. The Hall–Kier alpha value is -3.28. The predicted octanol–water partition coefficient (Wildman–Crippen LogP) is 5.59. The molecule has 2 amide bonds. The molecule has 0 radical (unpaired) electrons. The van der Waals surface area contributed by atoms with Crippen LogP contribution in [0.3, 0.4) is 0 Å². The van der Waals surface area contributed by atoms with Crippen molar-refractivity contribution in [1.82, 2.24) is 9.80 Å². The van der Waals surface area contributed by atoms with Gasteiger partial charge in [-0.2, -0.15) is 0 Å². The van der Waals surface area contributed by atoms with Crippen LogP contribution in [-0.2, 0) is 20.8 Å². The van der Waals surface area contributed by atoms with Gasteiger partial charge in [0.25, 0.3) is 5.91 Å². The highest BCUT2D eigenvalue weighted by atomic mass is 79.9. The van der Waals surface area contributed by atoms with Crippen molar-refractivity contribution in [3.63, 3.8) is 0 Å². The van der Waals surface area contributed by atoms with Crippen LogP contribution in [0.1, 0.15) is 45.7 Å². The van der Waals surface area contributed by atoms with Gasteiger partial charge in [-0.25, -0.2) is 4.79 Å². The summed E-state index contributed by atoms with van der Waals surface area (Å²) in [7, 11) is 1.62. The summed E-state index contributed by atoms with van der Waals surface area (Å²) in [5, 5.41) is 0. The van der Waals surface area contributed by atoms with Crippen molar-refractivity contribution < 1.29 is 23.8 Å². The van der Waals surface area contributed by atoms with Gasteiger partial charge in [0.15, 0.2) is 0 Å². The van der Waals surface area contributed by atoms with Gasteiger partial charge in [-0.3, -0.25) is 9.69 Å². The number of benzene rings is 2. The van der Waals surface area contributed by atoms with E-state index in [1.165, 1.54) is 0 Å². The molecule has 200 valence electrons. The van der Waals surface area contributed by atoms with Gasteiger partial charge in [0.2, 0.25) is 0 Å². The normalized spacial score (nSPS) is 21.8. The van der Waals surface area contributed by atoms with Gasteiger partial charge in [0, 0.05) is 28.0 Å². The van der Waals surface area contributed by atoms with Crippen molar-refractivity contribution in [3.8, 4) is 16.5 Å². The highest BCUT2D eigenvalue weighted by Gasteiger charge is 2.57. The molecule has 2 aromatic rings. The fourth-order valence-corrected chi connectivity index (χ4v) is 5.13. The number of amides is 2. The maximum atomic E-state index is 13.8. The summed E-state index contributed by atoms with van der Waals surface area (Å²) in [4.78, 5) is 33.5. The lowest BCUT2D eigenvalue weighted by Gasteiger charge is -2.49. The van der Waals surface area contributed by atoms with Gasteiger partial charge in [-0.15, -0.1) is 0 Å². The van der Waals surface area contributed by atoms with Gasteiger partial charge in [0.05, 0.1) is 31.4 Å². The summed E-state index contributed by atoms with van der Waals surface area (Å²) in [6.07, 6.45) is -0.485. The van der Waals surface area contributed by atoms with Crippen LogP contribution in [0.4, 0.5) is 4.79 Å². The monoisotopic (exact) mass is 580 g/mol. The standard InChI is InChI=1S/C30H33BrN2O5/c1-29(2,3)38-28(35)33-24(19-37-30(33,4)5)26-25(23(16-17-31)21-10-8-7-9-11-21)27(34)32(26)18-20-12-14-22(36-6)15-13-20/h7-15,24,26H,18-19H2,1-6H3/b25-23+/t24?,26-/m1/s1. The maximum Gasteiger partial charge on any atom is 0.412 e. The molecular formula is C30H33BrN2O5. The van der Waals surface area contributed by atoms with Crippen LogP contribution in [0.2, 0.25) is 0 Å². The number of nitrogens with zero attached hydrogens (tertiary/aromatic N) is 2. The Labute approximate surface area is 232 Å². The van der Waals surface area contributed by atoms with Crippen LogP contribution in [0.15, 0.2) is 60.2 Å². The minimum atomic E-state index is -0.920. The van der Waals surface area contributed by atoms with Gasteiger partial charge in [-0.1, -0.05) is 48.4 Å². The van der Waals surface area contributed by atoms with Crippen LogP contribution in [-0.4, -0.2) is 58.9 Å². The molecule has 2 atom stereocenters. The number of halogens is 1. The number of allylic oxidation sites excluding steroid dienone is 1. The van der Waals surface area contributed by atoms with Crippen molar-refractivity contribution in [3.05, 3.63) is 71.3 Å². The molecular weight excluding hydrogens is 548 g/mol. The summed E-state index contributed by atoms with van der Waals surface area (Å²) in [5.74, 6) is 3.70. The van der Waals surface area contributed by atoms with E-state index in [1.54, 1.807) is 16.9 Å². The largest absolute Gasteiger partial charge is 0.497 e. The van der Waals surface area contributed by atoms with Crippen LogP contribution < -0.4 is 4.74 Å². The molecule has 7 nitrogen and oxygen atoms in total. The van der Waals surface area contributed by atoms with Gasteiger partial charge in [-0.05, 0) is 62.7 Å². The number of hydrogen-bond donors (Lipinski definition) is 0. The van der Waals surface area contributed by atoms with Gasteiger partial charge < -0.3 is 19.1 Å². The molecule has 2 fully saturated rings. The summed E-state index contributed by atoms with van der Waals surface area (Å²) in [5.41, 5.74) is 1.34. The highest BCUT2D eigenvalue weighted by Crippen LogP contribution is 2.42. The van der Waals surface area contributed by atoms with Gasteiger partial charge >= 0.3 is 6.09 Å². The first-order valence-electron chi connectivity index (χ1n) is 12.5. The summed E-state index contributed by atoms with van der Waals surface area (Å²) >= 11 is 3.22. The van der Waals surface area contributed by atoms with E-state index in [9.17, 15) is 9.59 Å². The second-order valence-corrected chi connectivity index (χ2v) is 11.2. The number of methoxy groups -OCH3 is 1. The van der Waals surface area contributed by atoms with E-state index >= 15 is 0 Å². The molecule has 0 spiro atoms. The topological polar surface area (TPSA) is 68.3 Å². The molecule has 8 heteroatoms. The third kappa shape index (κ3) is 5.59. The lowest BCUT2D eigenvalue weighted by Crippen LogP contribution is -2.65. The minimum absolute atomic E-state index is 0.131. The summed E-state index contributed by atoms with van der Waals surface area (Å²) < 4.78 is 17.2. The quantitative estimate of drug-likeness (QED) is 0.262. The molecule has 4 rings (SSSR count). The number of β-lactam (4-membered cyclic amide) rings is 1. The Morgan fingerprint density at radius 3 is 2.37 bits per heavy atom. The van der Waals surface area contributed by atoms with E-state index in [2.05, 4.69) is 26.7 Å². The zero-order chi connectivity index (χ0) is 27.7. The van der Waals surface area contributed by atoms with Crippen molar-refractivity contribution in [2.45, 2.75) is 64.6 Å². The molecule has 1 unspecified atom stereocenters. The van der Waals surface area contributed by atoms with E-state index in [0.29, 0.717) is 17.7 Å². The summed E-state index contributed by atoms with van der Waals surface area (Å²) in [6.45, 7) is 9.78. The van der Waals surface area contributed by atoms with Crippen molar-refractivity contribution in [1.29, 1.82) is 0 Å². The number of ether oxygens (including phenoxy) is 3. The Bertz CT molecular complexity index is 1290. The molecule has 2 aromatic carbocycles. The highest BCUT2D eigenvalue weighted by molar-refractivity contribution is 9.12. The fourth-order valence-electron chi connectivity index (χ4n) is 4.93. The van der Waals surface area contributed by atoms with Crippen molar-refractivity contribution in [2.24, 2.45) is 0 Å². The van der Waals surface area contributed by atoms with E-state index in [0.717, 1.165) is 16.9 Å². The number of likely N-dealkylation sites (tertiary alicyclic amines) is 1. The Balaban J connectivity index is 1.81. The van der Waals surface area contributed by atoms with E-state index in [4.69, 9.17) is 14.2 Å². The third-order valence-electron chi connectivity index (χ3n) is 6.61. The zero-order valence-electron chi connectivity index (χ0n) is 22.6. The number of hydrogen-bond acceptors (Lipinski definition) is 5. The first-order chi connectivity index (χ1) is 18.0. The van der Waals surface area contributed by atoms with E-state index < -0.39 is 29.5 Å². The van der Waals surface area contributed by atoms with Crippen molar-refractivity contribution in [2.75, 3.05) is 13.7 Å². The summed E-state index contributed by atoms with van der Waals surface area (Å²) in [6, 6.07) is 16.3. The molecule has 2 aliphatic heterocycles. The average Bonchev–Trinajstić information content (AvgIpc) is 3.18. The molecule has 0 saturated carbocycles. The average molecular weight is 582 g/mol. The third-order valence-corrected chi connectivity index (χ3v) is 6.81. The molecule has 0 aliphatic carbocycles. The SMILES string of the molecule is COc1ccc(CN2C(=O)/C(=C(\C#CBr)c3ccccc3)[C@H]2C2COC(C)(C)N2C(=O)OC(C)(C)C)cc1. The number of carbonyl (C=O) groups is 2. The molecule has 2 saturated heterocycles. The Kier molecular flexibility index (Phi) is 7.91. The zero-order valence-corrected chi connectivity index (χ0v) is 24.2. The first-order valence-corrected chi connectivity index (χ1v) is 13.3. The Morgan fingerprint density at radius 1 is 1.13 bits per heavy atom. The maximum absolute atomic E-state index is 13.8. The van der Waals surface area contributed by atoms with Gasteiger partial charge in [0.1, 0.15) is 17.1 Å². The lowest BCUT2D eigenvalue weighted by atomic mass is 9.82. The smallest absolute Gasteiger partial charge is 0.412 e. The minimum Gasteiger partial charge on any atom is -0.497 e.